The number of halogens is 1. The largest absolute Gasteiger partial charge is 0.497 e. The number of hydrogen-bond donors (Lipinski definition) is 0. The molecular formula is C15H13ClO2S. The molecule has 0 saturated carbocycles. The molecule has 0 atom stereocenters. The normalized spacial score (nSPS) is 10.3. The molecule has 0 N–H and O–H groups in total. The number of carbonyl (C=O) groups is 1. The zero-order chi connectivity index (χ0) is 13.8. The van der Waals surface area contributed by atoms with E-state index < -0.39 is 0 Å². The third-order valence-electron chi connectivity index (χ3n) is 2.77. The van der Waals surface area contributed by atoms with Gasteiger partial charge in [-0.05, 0) is 48.7 Å². The second-order valence-electron chi connectivity index (χ2n) is 3.90. The molecule has 0 aliphatic heterocycles. The summed E-state index contributed by atoms with van der Waals surface area (Å²) in [7, 11) is 1.56. The van der Waals surface area contributed by atoms with Gasteiger partial charge in [0.15, 0.2) is 5.78 Å². The summed E-state index contributed by atoms with van der Waals surface area (Å²) in [4.78, 5) is 13.5. The fraction of sp³-hybridized carbons (Fsp3) is 0.133. The minimum absolute atomic E-state index is 0.0830. The van der Waals surface area contributed by atoms with Crippen LogP contribution in [0, 0.1) is 0 Å². The SMILES string of the molecule is COc1ccc(C(=O)c2ccc(SC)cc2)c(Cl)c1. The Bertz CT molecular complexity index is 594. The first kappa shape index (κ1) is 14.0. The number of rotatable bonds is 4. The van der Waals surface area contributed by atoms with Gasteiger partial charge in [0.05, 0.1) is 12.1 Å². The van der Waals surface area contributed by atoms with Gasteiger partial charge < -0.3 is 4.74 Å². The summed E-state index contributed by atoms with van der Waals surface area (Å²) in [6.07, 6.45) is 2.00. The molecule has 0 aliphatic carbocycles. The van der Waals surface area contributed by atoms with Crippen molar-refractivity contribution in [3.05, 3.63) is 58.6 Å². The van der Waals surface area contributed by atoms with E-state index in [-0.39, 0.29) is 5.78 Å². The van der Waals surface area contributed by atoms with Crippen LogP contribution in [0.25, 0.3) is 0 Å². The predicted octanol–water partition coefficient (Wildman–Crippen LogP) is 4.30. The van der Waals surface area contributed by atoms with Gasteiger partial charge in [0.2, 0.25) is 0 Å². The quantitative estimate of drug-likeness (QED) is 0.621. The maximum absolute atomic E-state index is 12.3. The summed E-state index contributed by atoms with van der Waals surface area (Å²) in [5.74, 6) is 0.555. The molecule has 2 rings (SSSR count). The highest BCUT2D eigenvalue weighted by molar-refractivity contribution is 7.98. The number of carbonyl (C=O) groups excluding carboxylic acids is 1. The summed E-state index contributed by atoms with van der Waals surface area (Å²) >= 11 is 7.75. The molecule has 19 heavy (non-hydrogen) atoms. The monoisotopic (exact) mass is 292 g/mol. The third-order valence-corrected chi connectivity index (χ3v) is 3.83. The van der Waals surface area contributed by atoms with Crippen molar-refractivity contribution < 1.29 is 9.53 Å². The number of thioether (sulfide) groups is 1. The number of ketones is 1. The van der Waals surface area contributed by atoms with Gasteiger partial charge in [-0.25, -0.2) is 0 Å². The van der Waals surface area contributed by atoms with Crippen molar-refractivity contribution in [3.63, 3.8) is 0 Å². The molecule has 2 aromatic carbocycles. The van der Waals surface area contributed by atoms with Crippen molar-refractivity contribution in [2.75, 3.05) is 13.4 Å². The smallest absolute Gasteiger partial charge is 0.194 e. The van der Waals surface area contributed by atoms with E-state index in [2.05, 4.69) is 0 Å². The van der Waals surface area contributed by atoms with Crippen molar-refractivity contribution in [2.24, 2.45) is 0 Å². The van der Waals surface area contributed by atoms with Gasteiger partial charge >= 0.3 is 0 Å². The first-order valence-electron chi connectivity index (χ1n) is 5.68. The highest BCUT2D eigenvalue weighted by atomic mass is 35.5. The minimum Gasteiger partial charge on any atom is -0.497 e. The van der Waals surface area contributed by atoms with Crippen molar-refractivity contribution in [1.82, 2.24) is 0 Å². The zero-order valence-electron chi connectivity index (χ0n) is 10.6. The molecule has 4 heteroatoms. The van der Waals surface area contributed by atoms with Gasteiger partial charge in [-0.15, -0.1) is 11.8 Å². The Morgan fingerprint density at radius 1 is 1.16 bits per heavy atom. The van der Waals surface area contributed by atoms with Crippen molar-refractivity contribution in [1.29, 1.82) is 0 Å². The average molecular weight is 293 g/mol. The molecule has 2 nitrogen and oxygen atoms in total. The molecular weight excluding hydrogens is 280 g/mol. The van der Waals surface area contributed by atoms with Crippen LogP contribution in [-0.4, -0.2) is 19.1 Å². The Balaban J connectivity index is 2.32. The summed E-state index contributed by atoms with van der Waals surface area (Å²) in [6.45, 7) is 0. The van der Waals surface area contributed by atoms with Crippen molar-refractivity contribution in [3.8, 4) is 5.75 Å². The highest BCUT2D eigenvalue weighted by Crippen LogP contribution is 2.25. The average Bonchev–Trinajstić information content (AvgIpc) is 2.46. The molecule has 98 valence electrons. The highest BCUT2D eigenvalue weighted by Gasteiger charge is 2.13. The Hall–Kier alpha value is -1.45. The summed E-state index contributed by atoms with van der Waals surface area (Å²) in [6, 6.07) is 12.5. The van der Waals surface area contributed by atoms with E-state index in [1.807, 2.05) is 30.5 Å². The first-order chi connectivity index (χ1) is 9.15. The van der Waals surface area contributed by atoms with Gasteiger partial charge in [0.1, 0.15) is 5.75 Å². The van der Waals surface area contributed by atoms with E-state index in [9.17, 15) is 4.79 Å². The number of methoxy groups -OCH3 is 1. The fourth-order valence-electron chi connectivity index (χ4n) is 1.70. The molecule has 0 heterocycles. The van der Waals surface area contributed by atoms with E-state index in [4.69, 9.17) is 16.3 Å². The fourth-order valence-corrected chi connectivity index (χ4v) is 2.37. The van der Waals surface area contributed by atoms with Crippen LogP contribution in [0.2, 0.25) is 5.02 Å². The Morgan fingerprint density at radius 3 is 2.37 bits per heavy atom. The van der Waals surface area contributed by atoms with Gasteiger partial charge in [0, 0.05) is 16.0 Å². The number of ether oxygens (including phenoxy) is 1. The minimum atomic E-state index is -0.0830. The lowest BCUT2D eigenvalue weighted by atomic mass is 10.0. The number of hydrogen-bond acceptors (Lipinski definition) is 3. The molecule has 2 aromatic rings. The lowest BCUT2D eigenvalue weighted by molar-refractivity contribution is 0.103. The zero-order valence-corrected chi connectivity index (χ0v) is 12.2. The van der Waals surface area contributed by atoms with Crippen LogP contribution in [-0.2, 0) is 0 Å². The van der Waals surface area contributed by atoms with Crippen LogP contribution in [0.1, 0.15) is 15.9 Å². The van der Waals surface area contributed by atoms with Crippen LogP contribution < -0.4 is 4.74 Å². The standard InChI is InChI=1S/C15H13ClO2S/c1-18-11-5-8-13(14(16)9-11)15(17)10-3-6-12(19-2)7-4-10/h3-9H,1-2H3. The van der Waals surface area contributed by atoms with E-state index in [0.717, 1.165) is 4.90 Å². The molecule has 0 bridgehead atoms. The molecule has 0 unspecified atom stereocenters. The molecule has 0 spiro atoms. The van der Waals surface area contributed by atoms with Crippen LogP contribution in [0.4, 0.5) is 0 Å². The molecule has 0 radical (unpaired) electrons. The summed E-state index contributed by atoms with van der Waals surface area (Å²) < 4.78 is 5.07. The van der Waals surface area contributed by atoms with Gasteiger partial charge in [-0.1, -0.05) is 11.6 Å². The van der Waals surface area contributed by atoms with Gasteiger partial charge in [-0.3, -0.25) is 4.79 Å². The van der Waals surface area contributed by atoms with E-state index in [1.54, 1.807) is 37.1 Å². The molecule has 0 aliphatic rings. The van der Waals surface area contributed by atoms with Crippen LogP contribution in [0.15, 0.2) is 47.4 Å². The molecule has 0 fully saturated rings. The van der Waals surface area contributed by atoms with Crippen LogP contribution in [0.5, 0.6) is 5.75 Å². The Morgan fingerprint density at radius 2 is 1.84 bits per heavy atom. The predicted molar refractivity (Wildman–Crippen MR) is 79.7 cm³/mol. The lowest BCUT2D eigenvalue weighted by Gasteiger charge is -2.06. The summed E-state index contributed by atoms with van der Waals surface area (Å²) in [5, 5.41) is 0.401. The van der Waals surface area contributed by atoms with Gasteiger partial charge in [0.25, 0.3) is 0 Å². The second-order valence-corrected chi connectivity index (χ2v) is 5.19. The third kappa shape index (κ3) is 3.11. The maximum atomic E-state index is 12.3. The lowest BCUT2D eigenvalue weighted by Crippen LogP contribution is -2.02. The Kier molecular flexibility index (Phi) is 4.51. The number of benzene rings is 2. The van der Waals surface area contributed by atoms with E-state index in [0.29, 0.717) is 21.9 Å². The van der Waals surface area contributed by atoms with Gasteiger partial charge in [-0.2, -0.15) is 0 Å². The Labute approximate surface area is 121 Å². The van der Waals surface area contributed by atoms with E-state index in [1.165, 1.54) is 0 Å². The van der Waals surface area contributed by atoms with Crippen LogP contribution >= 0.6 is 23.4 Å². The molecule has 0 aromatic heterocycles. The van der Waals surface area contributed by atoms with Crippen LogP contribution in [0.3, 0.4) is 0 Å². The second kappa shape index (κ2) is 6.13. The van der Waals surface area contributed by atoms with Crippen molar-refractivity contribution in [2.45, 2.75) is 4.90 Å². The van der Waals surface area contributed by atoms with Crippen molar-refractivity contribution >= 4 is 29.1 Å². The van der Waals surface area contributed by atoms with E-state index >= 15 is 0 Å². The maximum Gasteiger partial charge on any atom is 0.194 e. The molecule has 0 amide bonds. The summed E-state index contributed by atoms with van der Waals surface area (Å²) in [5.41, 5.74) is 1.12. The topological polar surface area (TPSA) is 26.3 Å². The molecule has 0 saturated heterocycles. The first-order valence-corrected chi connectivity index (χ1v) is 7.28.